The second-order valence-electron chi connectivity index (χ2n) is 6.04. The summed E-state index contributed by atoms with van der Waals surface area (Å²) in [5.74, 6) is 0.0553. The van der Waals surface area contributed by atoms with Crippen LogP contribution in [0.25, 0.3) is 0 Å². The molecule has 0 aliphatic rings. The van der Waals surface area contributed by atoms with Gasteiger partial charge in [-0.05, 0) is 55.9 Å². The van der Waals surface area contributed by atoms with E-state index in [2.05, 4.69) is 16.2 Å². The van der Waals surface area contributed by atoms with Crippen LogP contribution in [0.2, 0.25) is 5.02 Å². The molecular formula is C20H22ClN3O4S. The Labute approximate surface area is 179 Å². The third kappa shape index (κ3) is 7.59. The van der Waals surface area contributed by atoms with Crippen molar-refractivity contribution >= 4 is 40.7 Å². The van der Waals surface area contributed by atoms with Crippen LogP contribution in [0.5, 0.6) is 11.5 Å². The smallest absolute Gasteiger partial charge is 0.276 e. The van der Waals surface area contributed by atoms with Gasteiger partial charge < -0.3 is 9.47 Å². The van der Waals surface area contributed by atoms with E-state index in [0.717, 1.165) is 6.42 Å². The van der Waals surface area contributed by atoms with Gasteiger partial charge in [0.05, 0.1) is 11.1 Å². The standard InChI is InChI=1S/C20H22ClN3O4S/c1-3-13(2)28-15-8-6-7-14(11-15)19(26)22-20(29)24-23-18(25)12-27-17-10-5-4-9-16(17)21/h4-11,13H,3,12H2,1-2H3,(H,23,25)(H2,22,24,26,29). The maximum atomic E-state index is 12.3. The molecule has 2 amide bonds. The van der Waals surface area contributed by atoms with Gasteiger partial charge in [-0.15, -0.1) is 0 Å². The number of thiocarbonyl (C=S) groups is 1. The summed E-state index contributed by atoms with van der Waals surface area (Å²) in [5, 5.41) is 2.82. The number of carbonyl (C=O) groups excluding carboxylic acids is 2. The highest BCUT2D eigenvalue weighted by Gasteiger charge is 2.11. The average Bonchev–Trinajstić information content (AvgIpc) is 2.71. The van der Waals surface area contributed by atoms with Gasteiger partial charge in [0.25, 0.3) is 11.8 Å². The number of hydrazine groups is 1. The molecule has 3 N–H and O–H groups in total. The number of ether oxygens (including phenoxy) is 2. The number of rotatable bonds is 7. The van der Waals surface area contributed by atoms with Gasteiger partial charge in [0.2, 0.25) is 0 Å². The fourth-order valence-electron chi connectivity index (χ4n) is 2.10. The van der Waals surface area contributed by atoms with E-state index in [0.29, 0.717) is 22.1 Å². The highest BCUT2D eigenvalue weighted by Crippen LogP contribution is 2.22. The first-order valence-electron chi connectivity index (χ1n) is 8.93. The van der Waals surface area contributed by atoms with E-state index >= 15 is 0 Å². The summed E-state index contributed by atoms with van der Waals surface area (Å²) < 4.78 is 11.0. The fourth-order valence-corrected chi connectivity index (χ4v) is 2.43. The van der Waals surface area contributed by atoms with Gasteiger partial charge in [-0.3, -0.25) is 25.8 Å². The molecule has 0 aromatic heterocycles. The molecule has 0 aliphatic carbocycles. The number of halogens is 1. The quantitative estimate of drug-likeness (QED) is 0.457. The molecule has 154 valence electrons. The molecule has 9 heteroatoms. The van der Waals surface area contributed by atoms with E-state index < -0.39 is 11.8 Å². The number of para-hydroxylation sites is 1. The highest BCUT2D eigenvalue weighted by molar-refractivity contribution is 7.80. The van der Waals surface area contributed by atoms with Gasteiger partial charge in [0, 0.05) is 5.56 Å². The summed E-state index contributed by atoms with van der Waals surface area (Å²) in [4.78, 5) is 24.1. The molecule has 0 bridgehead atoms. The molecule has 0 radical (unpaired) electrons. The highest BCUT2D eigenvalue weighted by atomic mass is 35.5. The summed E-state index contributed by atoms with van der Waals surface area (Å²) in [6.07, 6.45) is 0.892. The number of benzene rings is 2. The Morgan fingerprint density at radius 1 is 1.14 bits per heavy atom. The first kappa shape index (κ1) is 22.4. The zero-order valence-electron chi connectivity index (χ0n) is 16.0. The van der Waals surface area contributed by atoms with Crippen LogP contribution in [0.15, 0.2) is 48.5 Å². The van der Waals surface area contributed by atoms with Gasteiger partial charge >= 0.3 is 0 Å². The minimum atomic E-state index is -0.495. The Hall–Kier alpha value is -2.84. The predicted octanol–water partition coefficient (Wildman–Crippen LogP) is 3.23. The summed E-state index contributed by atoms with van der Waals surface area (Å²) in [7, 11) is 0. The van der Waals surface area contributed by atoms with Crippen molar-refractivity contribution in [3.8, 4) is 11.5 Å². The van der Waals surface area contributed by atoms with Crippen molar-refractivity contribution < 1.29 is 19.1 Å². The van der Waals surface area contributed by atoms with Crippen LogP contribution in [0, 0.1) is 0 Å². The lowest BCUT2D eigenvalue weighted by molar-refractivity contribution is -0.123. The Balaban J connectivity index is 1.78. The van der Waals surface area contributed by atoms with Crippen molar-refractivity contribution in [2.24, 2.45) is 0 Å². The zero-order chi connectivity index (χ0) is 21.2. The van der Waals surface area contributed by atoms with Gasteiger partial charge in [-0.25, -0.2) is 0 Å². The molecular weight excluding hydrogens is 414 g/mol. The molecule has 2 rings (SSSR count). The van der Waals surface area contributed by atoms with Crippen LogP contribution in [-0.2, 0) is 4.79 Å². The van der Waals surface area contributed by atoms with Crippen LogP contribution in [-0.4, -0.2) is 29.6 Å². The molecule has 0 saturated carbocycles. The third-order valence-corrected chi connectivity index (χ3v) is 4.26. The van der Waals surface area contributed by atoms with Crippen molar-refractivity contribution in [1.82, 2.24) is 16.2 Å². The van der Waals surface area contributed by atoms with Crippen LogP contribution in [0.3, 0.4) is 0 Å². The van der Waals surface area contributed by atoms with Gasteiger partial charge in [0.1, 0.15) is 11.5 Å². The summed E-state index contributed by atoms with van der Waals surface area (Å²) >= 11 is 11.0. The third-order valence-electron chi connectivity index (χ3n) is 3.75. The molecule has 0 heterocycles. The lowest BCUT2D eigenvalue weighted by atomic mass is 10.2. The van der Waals surface area contributed by atoms with Crippen molar-refractivity contribution in [2.45, 2.75) is 26.4 Å². The summed E-state index contributed by atoms with van der Waals surface area (Å²) in [6, 6.07) is 13.6. The monoisotopic (exact) mass is 435 g/mol. The average molecular weight is 436 g/mol. The Bertz CT molecular complexity index is 878. The zero-order valence-corrected chi connectivity index (χ0v) is 17.6. The molecule has 0 saturated heterocycles. The van der Waals surface area contributed by atoms with E-state index in [-0.39, 0.29) is 17.8 Å². The van der Waals surface area contributed by atoms with E-state index in [1.54, 1.807) is 48.5 Å². The van der Waals surface area contributed by atoms with Crippen molar-refractivity contribution in [1.29, 1.82) is 0 Å². The summed E-state index contributed by atoms with van der Waals surface area (Å²) in [5.41, 5.74) is 5.16. The van der Waals surface area contributed by atoms with E-state index in [1.807, 2.05) is 13.8 Å². The molecule has 2 aromatic rings. The van der Waals surface area contributed by atoms with Crippen LogP contribution in [0.1, 0.15) is 30.6 Å². The molecule has 1 atom stereocenters. The van der Waals surface area contributed by atoms with Crippen LogP contribution >= 0.6 is 23.8 Å². The fraction of sp³-hybridized carbons (Fsp3) is 0.250. The molecule has 1 unspecified atom stereocenters. The lowest BCUT2D eigenvalue weighted by Gasteiger charge is -2.14. The number of hydrogen-bond donors (Lipinski definition) is 3. The van der Waals surface area contributed by atoms with Crippen molar-refractivity contribution in [2.75, 3.05) is 6.61 Å². The predicted molar refractivity (Wildman–Crippen MR) is 115 cm³/mol. The maximum Gasteiger partial charge on any atom is 0.276 e. The van der Waals surface area contributed by atoms with Crippen LogP contribution in [0.4, 0.5) is 0 Å². The van der Waals surface area contributed by atoms with Gasteiger partial charge in [-0.1, -0.05) is 36.7 Å². The number of nitrogens with one attached hydrogen (secondary N) is 3. The Morgan fingerprint density at radius 3 is 2.62 bits per heavy atom. The van der Waals surface area contributed by atoms with Gasteiger partial charge in [-0.2, -0.15) is 0 Å². The lowest BCUT2D eigenvalue weighted by Crippen LogP contribution is -2.49. The number of amides is 2. The molecule has 0 fully saturated rings. The first-order chi connectivity index (χ1) is 13.9. The minimum absolute atomic E-state index is 0.0410. The molecule has 0 aliphatic heterocycles. The second kappa shape index (κ2) is 11.2. The second-order valence-corrected chi connectivity index (χ2v) is 6.86. The number of hydrogen-bond acceptors (Lipinski definition) is 5. The largest absolute Gasteiger partial charge is 0.491 e. The number of carbonyl (C=O) groups is 2. The molecule has 2 aromatic carbocycles. The molecule has 7 nitrogen and oxygen atoms in total. The summed E-state index contributed by atoms with van der Waals surface area (Å²) in [6.45, 7) is 3.69. The van der Waals surface area contributed by atoms with E-state index in [1.165, 1.54) is 0 Å². The van der Waals surface area contributed by atoms with Crippen molar-refractivity contribution in [3.05, 3.63) is 59.1 Å². The molecule has 29 heavy (non-hydrogen) atoms. The minimum Gasteiger partial charge on any atom is -0.491 e. The first-order valence-corrected chi connectivity index (χ1v) is 9.72. The van der Waals surface area contributed by atoms with E-state index in [9.17, 15) is 9.59 Å². The Kier molecular flexibility index (Phi) is 8.69. The SMILES string of the molecule is CCC(C)Oc1cccc(C(=O)NC(=S)NNC(=O)COc2ccccc2Cl)c1. The normalized spacial score (nSPS) is 11.1. The van der Waals surface area contributed by atoms with Gasteiger partial charge in [0.15, 0.2) is 11.7 Å². The maximum absolute atomic E-state index is 12.3. The topological polar surface area (TPSA) is 88.7 Å². The Morgan fingerprint density at radius 2 is 1.90 bits per heavy atom. The van der Waals surface area contributed by atoms with Crippen molar-refractivity contribution in [3.63, 3.8) is 0 Å². The van der Waals surface area contributed by atoms with Crippen LogP contribution < -0.4 is 25.6 Å². The molecule has 0 spiro atoms. The van der Waals surface area contributed by atoms with E-state index in [4.69, 9.17) is 33.3 Å².